The molecule has 2 N–H and O–H groups in total. The standard InChI is InChI=1S/C24H23F2N3O10/c1-12-4-5-36-17-9-28-8-15(22(33)27-7-13-2-3-14(25)6-16(13)26)20(32)21(19(28)23(34)29(12)17)38-11-39-24(35)37-10-18(30)31/h2-3,6,8,12,17H,4-5,7,9-11H2,1H3,(H,27,33)(H,30,31). The Morgan fingerprint density at radius 1 is 1.21 bits per heavy atom. The molecule has 1 fully saturated rings. The number of carbonyl (C=O) groups is 4. The highest BCUT2D eigenvalue weighted by Crippen LogP contribution is 2.30. The number of aliphatic carboxylic acids is 1. The van der Waals surface area contributed by atoms with Gasteiger partial charge in [0.1, 0.15) is 17.2 Å². The predicted molar refractivity (Wildman–Crippen MR) is 124 cm³/mol. The van der Waals surface area contributed by atoms with Gasteiger partial charge in [0, 0.05) is 30.4 Å². The number of pyridine rings is 1. The van der Waals surface area contributed by atoms with Crippen LogP contribution in [-0.4, -0.2) is 70.8 Å². The lowest BCUT2D eigenvalue weighted by Gasteiger charge is -2.44. The van der Waals surface area contributed by atoms with E-state index in [0.717, 1.165) is 18.3 Å². The molecule has 4 rings (SSSR count). The Morgan fingerprint density at radius 2 is 1.97 bits per heavy atom. The smallest absolute Gasteiger partial charge is 0.479 e. The second-order valence-corrected chi connectivity index (χ2v) is 8.63. The Hall–Kier alpha value is -4.53. The van der Waals surface area contributed by atoms with Gasteiger partial charge in [-0.3, -0.25) is 14.4 Å². The van der Waals surface area contributed by atoms with E-state index >= 15 is 0 Å². The summed E-state index contributed by atoms with van der Waals surface area (Å²) < 4.78 is 48.4. The summed E-state index contributed by atoms with van der Waals surface area (Å²) in [5.41, 5.74) is -1.77. The molecule has 1 aromatic heterocycles. The second-order valence-electron chi connectivity index (χ2n) is 8.63. The van der Waals surface area contributed by atoms with Crippen molar-refractivity contribution in [2.45, 2.75) is 38.7 Å². The lowest BCUT2D eigenvalue weighted by Crippen LogP contribution is -2.57. The van der Waals surface area contributed by atoms with Gasteiger partial charge in [-0.25, -0.2) is 18.4 Å². The largest absolute Gasteiger partial charge is 0.511 e. The van der Waals surface area contributed by atoms with Crippen LogP contribution in [0.15, 0.2) is 29.2 Å². The molecule has 2 unspecified atom stereocenters. The highest BCUT2D eigenvalue weighted by molar-refractivity contribution is 5.99. The summed E-state index contributed by atoms with van der Waals surface area (Å²) in [7, 11) is 0. The summed E-state index contributed by atoms with van der Waals surface area (Å²) >= 11 is 0. The molecule has 2 atom stereocenters. The first-order chi connectivity index (χ1) is 18.6. The summed E-state index contributed by atoms with van der Waals surface area (Å²) in [5.74, 6) is -5.31. The molecule has 1 saturated heterocycles. The number of carboxylic acids is 1. The Labute approximate surface area is 218 Å². The number of benzene rings is 1. The first-order valence-corrected chi connectivity index (χ1v) is 11.6. The number of amides is 2. The second kappa shape index (κ2) is 11.5. The SMILES string of the molecule is CC1CCOC2Cn3cc(C(=O)NCc4ccc(F)cc4F)c(=O)c(OCOC(=O)OCC(=O)O)c3C(=O)N12. The number of aromatic nitrogens is 1. The van der Waals surface area contributed by atoms with Crippen molar-refractivity contribution in [3.05, 3.63) is 63.1 Å². The molecule has 2 amide bonds. The lowest BCUT2D eigenvalue weighted by atomic mass is 10.1. The molecule has 208 valence electrons. The van der Waals surface area contributed by atoms with E-state index in [2.05, 4.69) is 14.8 Å². The van der Waals surface area contributed by atoms with E-state index in [4.69, 9.17) is 14.6 Å². The van der Waals surface area contributed by atoms with Gasteiger partial charge >= 0.3 is 12.1 Å². The van der Waals surface area contributed by atoms with Crippen LogP contribution in [0.5, 0.6) is 5.75 Å². The van der Waals surface area contributed by atoms with Crippen molar-refractivity contribution in [1.82, 2.24) is 14.8 Å². The highest BCUT2D eigenvalue weighted by atomic mass is 19.1. The molecule has 3 heterocycles. The molecule has 1 aromatic carbocycles. The van der Waals surface area contributed by atoms with Crippen LogP contribution in [0, 0.1) is 11.6 Å². The van der Waals surface area contributed by atoms with Crippen LogP contribution in [0.4, 0.5) is 13.6 Å². The van der Waals surface area contributed by atoms with Crippen LogP contribution in [0.3, 0.4) is 0 Å². The molecule has 13 nitrogen and oxygen atoms in total. The average molecular weight is 551 g/mol. The summed E-state index contributed by atoms with van der Waals surface area (Å²) in [6.45, 7) is -0.0759. The van der Waals surface area contributed by atoms with Crippen molar-refractivity contribution in [2.75, 3.05) is 20.0 Å². The molecular formula is C24H23F2N3O10. The summed E-state index contributed by atoms with van der Waals surface area (Å²) in [5, 5.41) is 10.9. The van der Waals surface area contributed by atoms with Crippen molar-refractivity contribution < 1.29 is 52.0 Å². The van der Waals surface area contributed by atoms with Gasteiger partial charge in [0.2, 0.25) is 18.0 Å². The molecular weight excluding hydrogens is 528 g/mol. The summed E-state index contributed by atoms with van der Waals surface area (Å²) in [6, 6.07) is 2.55. The highest BCUT2D eigenvalue weighted by Gasteiger charge is 2.41. The molecule has 0 radical (unpaired) electrons. The van der Waals surface area contributed by atoms with Crippen molar-refractivity contribution >= 4 is 23.9 Å². The zero-order valence-electron chi connectivity index (χ0n) is 20.5. The quantitative estimate of drug-likeness (QED) is 0.360. The van der Waals surface area contributed by atoms with E-state index in [1.54, 1.807) is 6.92 Å². The zero-order chi connectivity index (χ0) is 28.3. The first kappa shape index (κ1) is 27.5. The number of nitrogens with one attached hydrogen (secondary N) is 1. The van der Waals surface area contributed by atoms with Crippen molar-refractivity contribution in [3.8, 4) is 5.75 Å². The van der Waals surface area contributed by atoms with Crippen LogP contribution in [0.1, 0.15) is 39.8 Å². The number of fused-ring (bicyclic) bond motifs is 2. The fraction of sp³-hybridized carbons (Fsp3) is 0.375. The Kier molecular flexibility index (Phi) is 8.09. The first-order valence-electron chi connectivity index (χ1n) is 11.6. The van der Waals surface area contributed by atoms with Crippen LogP contribution in [-0.2, 0) is 32.1 Å². The third-order valence-corrected chi connectivity index (χ3v) is 6.05. The third kappa shape index (κ3) is 5.98. The maximum absolute atomic E-state index is 14.0. The zero-order valence-corrected chi connectivity index (χ0v) is 20.5. The topological polar surface area (TPSA) is 163 Å². The molecule has 15 heteroatoms. The van der Waals surface area contributed by atoms with Gasteiger partial charge in [-0.1, -0.05) is 6.07 Å². The lowest BCUT2D eigenvalue weighted by molar-refractivity contribution is -0.141. The third-order valence-electron chi connectivity index (χ3n) is 6.05. The molecule has 39 heavy (non-hydrogen) atoms. The number of hydrogen-bond acceptors (Lipinski definition) is 9. The number of hydrogen-bond donors (Lipinski definition) is 2. The van der Waals surface area contributed by atoms with Gasteiger partial charge in [0.15, 0.2) is 18.5 Å². The van der Waals surface area contributed by atoms with E-state index in [1.165, 1.54) is 9.47 Å². The fourth-order valence-corrected chi connectivity index (χ4v) is 4.17. The molecule has 0 aliphatic carbocycles. The van der Waals surface area contributed by atoms with Crippen LogP contribution in [0.2, 0.25) is 0 Å². The minimum atomic E-state index is -1.43. The Balaban J connectivity index is 1.63. The molecule has 2 aliphatic rings. The molecule has 0 spiro atoms. The van der Waals surface area contributed by atoms with Crippen LogP contribution >= 0.6 is 0 Å². The normalized spacial score (nSPS) is 18.0. The maximum atomic E-state index is 14.0. The van der Waals surface area contributed by atoms with Gasteiger partial charge in [-0.15, -0.1) is 0 Å². The fourth-order valence-electron chi connectivity index (χ4n) is 4.17. The van der Waals surface area contributed by atoms with E-state index in [1.807, 2.05) is 0 Å². The number of nitrogens with zero attached hydrogens (tertiary/aromatic N) is 2. The van der Waals surface area contributed by atoms with Gasteiger partial charge in [0.25, 0.3) is 11.8 Å². The van der Waals surface area contributed by atoms with Gasteiger partial charge in [0.05, 0.1) is 13.2 Å². The van der Waals surface area contributed by atoms with E-state index < -0.39 is 71.9 Å². The van der Waals surface area contributed by atoms with Crippen LogP contribution in [0.25, 0.3) is 0 Å². The molecule has 2 aromatic rings. The predicted octanol–water partition coefficient (Wildman–Crippen LogP) is 1.22. The molecule has 0 bridgehead atoms. The van der Waals surface area contributed by atoms with Crippen molar-refractivity contribution in [1.29, 1.82) is 0 Å². The minimum absolute atomic E-state index is 0.0381. The van der Waals surface area contributed by atoms with E-state index in [-0.39, 0.29) is 30.4 Å². The summed E-state index contributed by atoms with van der Waals surface area (Å²) in [4.78, 5) is 63.2. The maximum Gasteiger partial charge on any atom is 0.511 e. The van der Waals surface area contributed by atoms with Crippen molar-refractivity contribution in [3.63, 3.8) is 0 Å². The molecule has 0 saturated carbocycles. The van der Waals surface area contributed by atoms with Gasteiger partial charge in [-0.05, 0) is 19.4 Å². The van der Waals surface area contributed by atoms with Crippen LogP contribution < -0.4 is 15.5 Å². The number of rotatable bonds is 8. The number of halogens is 2. The summed E-state index contributed by atoms with van der Waals surface area (Å²) in [6.07, 6.45) is -0.413. The van der Waals surface area contributed by atoms with Gasteiger partial charge in [-0.2, -0.15) is 0 Å². The number of carboxylic acid groups (broad SMARTS) is 1. The van der Waals surface area contributed by atoms with E-state index in [9.17, 15) is 32.8 Å². The van der Waals surface area contributed by atoms with Gasteiger partial charge < -0.3 is 38.8 Å². The Bertz CT molecular complexity index is 1380. The number of carbonyl (C=O) groups excluding carboxylic acids is 3. The van der Waals surface area contributed by atoms with Crippen molar-refractivity contribution in [2.24, 2.45) is 0 Å². The molecule has 2 aliphatic heterocycles. The average Bonchev–Trinajstić information content (AvgIpc) is 2.88. The Morgan fingerprint density at radius 3 is 2.69 bits per heavy atom. The van der Waals surface area contributed by atoms with E-state index in [0.29, 0.717) is 19.1 Å². The monoisotopic (exact) mass is 551 g/mol. The number of ether oxygens (including phenoxy) is 4. The minimum Gasteiger partial charge on any atom is -0.479 e.